The average Bonchev–Trinajstić information content (AvgIpc) is 2.43. The van der Waals surface area contributed by atoms with Gasteiger partial charge in [-0.05, 0) is 12.5 Å². The van der Waals surface area contributed by atoms with E-state index in [4.69, 9.17) is 14.9 Å². The molecule has 0 spiro atoms. The van der Waals surface area contributed by atoms with Crippen LogP contribution in [0, 0.1) is 0 Å². The van der Waals surface area contributed by atoms with Gasteiger partial charge in [-0.1, -0.05) is 0 Å². The minimum atomic E-state index is -1.31. The number of nitrogens with zero attached hydrogens (tertiary/aromatic N) is 1. The third-order valence-corrected chi connectivity index (χ3v) is 2.45. The Morgan fingerprint density at radius 3 is 2.52 bits per heavy atom. The van der Waals surface area contributed by atoms with E-state index >= 15 is 0 Å². The second kappa shape index (κ2) is 7.68. The maximum atomic E-state index is 11.6. The molecule has 9 nitrogen and oxygen atoms in total. The van der Waals surface area contributed by atoms with Crippen molar-refractivity contribution in [2.24, 2.45) is 0 Å². The van der Waals surface area contributed by atoms with Crippen LogP contribution in [-0.2, 0) is 9.59 Å². The van der Waals surface area contributed by atoms with Gasteiger partial charge in [0, 0.05) is 12.5 Å². The van der Waals surface area contributed by atoms with Gasteiger partial charge in [0.05, 0.1) is 19.0 Å². The van der Waals surface area contributed by atoms with Gasteiger partial charge >= 0.3 is 18.0 Å². The summed E-state index contributed by atoms with van der Waals surface area (Å²) in [6.45, 7) is 0. The standard InChI is InChI=1S/C12H15N3O6/c1-21-9-4-2-7(6-13-9)14-12(20)15-8(11(18)19)3-5-10(16)17/h2,4,6,8H,3,5H2,1H3,(H,16,17)(H,18,19)(H2,14,15,20). The number of pyridine rings is 1. The average molecular weight is 297 g/mol. The summed E-state index contributed by atoms with van der Waals surface area (Å²) in [5, 5.41) is 22.0. The number of ether oxygens (including phenoxy) is 1. The van der Waals surface area contributed by atoms with Crippen molar-refractivity contribution >= 4 is 23.7 Å². The molecule has 1 atom stereocenters. The molecule has 0 aliphatic rings. The fourth-order valence-electron chi connectivity index (χ4n) is 1.43. The highest BCUT2D eigenvalue weighted by Gasteiger charge is 2.20. The number of carboxylic acids is 2. The molecule has 0 saturated heterocycles. The van der Waals surface area contributed by atoms with E-state index in [1.165, 1.54) is 25.4 Å². The lowest BCUT2D eigenvalue weighted by Gasteiger charge is -2.14. The zero-order valence-corrected chi connectivity index (χ0v) is 11.2. The fraction of sp³-hybridized carbons (Fsp3) is 0.333. The summed E-state index contributed by atoms with van der Waals surface area (Å²) in [4.78, 5) is 36.8. The van der Waals surface area contributed by atoms with Gasteiger partial charge in [0.25, 0.3) is 0 Å². The summed E-state index contributed by atoms with van der Waals surface area (Å²) in [6.07, 6.45) is 0.770. The molecule has 0 radical (unpaired) electrons. The van der Waals surface area contributed by atoms with Crippen LogP contribution < -0.4 is 15.4 Å². The minimum absolute atomic E-state index is 0.209. The normalized spacial score (nSPS) is 11.3. The zero-order chi connectivity index (χ0) is 15.8. The smallest absolute Gasteiger partial charge is 0.326 e. The van der Waals surface area contributed by atoms with Crippen molar-refractivity contribution in [3.8, 4) is 5.88 Å². The molecule has 1 rings (SSSR count). The van der Waals surface area contributed by atoms with Crippen LogP contribution in [0.15, 0.2) is 18.3 Å². The van der Waals surface area contributed by atoms with Gasteiger partial charge in [0.1, 0.15) is 6.04 Å². The van der Waals surface area contributed by atoms with E-state index in [9.17, 15) is 14.4 Å². The third kappa shape index (κ3) is 5.76. The first-order chi connectivity index (χ1) is 9.92. The van der Waals surface area contributed by atoms with Gasteiger partial charge in [-0.15, -0.1) is 0 Å². The topological polar surface area (TPSA) is 138 Å². The summed E-state index contributed by atoms with van der Waals surface area (Å²) in [5.74, 6) is -2.08. The molecule has 2 amide bonds. The first kappa shape index (κ1) is 16.2. The second-order valence-electron chi connectivity index (χ2n) is 4.01. The van der Waals surface area contributed by atoms with E-state index in [2.05, 4.69) is 15.6 Å². The first-order valence-electron chi connectivity index (χ1n) is 5.94. The van der Waals surface area contributed by atoms with E-state index in [0.717, 1.165) is 0 Å². The lowest BCUT2D eigenvalue weighted by Crippen LogP contribution is -2.43. The number of carboxylic acid groups (broad SMARTS) is 2. The van der Waals surface area contributed by atoms with Crippen molar-refractivity contribution in [2.45, 2.75) is 18.9 Å². The number of nitrogens with one attached hydrogen (secondary N) is 2. The molecule has 4 N–H and O–H groups in total. The summed E-state index contributed by atoms with van der Waals surface area (Å²) in [6, 6.07) is 1.000. The third-order valence-electron chi connectivity index (χ3n) is 2.45. The Morgan fingerprint density at radius 1 is 1.33 bits per heavy atom. The van der Waals surface area contributed by atoms with Crippen LogP contribution in [0.1, 0.15) is 12.8 Å². The molecule has 114 valence electrons. The number of amides is 2. The molecule has 1 heterocycles. The van der Waals surface area contributed by atoms with Crippen LogP contribution in [0.4, 0.5) is 10.5 Å². The molecule has 1 aromatic heterocycles. The number of urea groups is 1. The largest absolute Gasteiger partial charge is 0.481 e. The van der Waals surface area contributed by atoms with Gasteiger partial charge in [0.15, 0.2) is 0 Å². The van der Waals surface area contributed by atoms with E-state index in [1.54, 1.807) is 0 Å². The Hall–Kier alpha value is -2.84. The summed E-state index contributed by atoms with van der Waals surface area (Å²) < 4.78 is 4.85. The Bertz CT molecular complexity index is 516. The number of carbonyl (C=O) groups is 3. The number of hydrogen-bond donors (Lipinski definition) is 4. The second-order valence-corrected chi connectivity index (χ2v) is 4.01. The maximum Gasteiger partial charge on any atom is 0.326 e. The number of methoxy groups -OCH3 is 1. The molecule has 0 saturated carbocycles. The SMILES string of the molecule is COc1ccc(NC(=O)NC(CCC(=O)O)C(=O)O)cn1. The van der Waals surface area contributed by atoms with Gasteiger partial charge in [-0.25, -0.2) is 14.6 Å². The number of hydrogen-bond acceptors (Lipinski definition) is 5. The Balaban J connectivity index is 2.56. The van der Waals surface area contributed by atoms with E-state index in [0.29, 0.717) is 11.6 Å². The highest BCUT2D eigenvalue weighted by atomic mass is 16.5. The molecule has 0 aliphatic carbocycles. The molecule has 21 heavy (non-hydrogen) atoms. The van der Waals surface area contributed by atoms with Crippen molar-refractivity contribution < 1.29 is 29.3 Å². The Morgan fingerprint density at radius 2 is 2.05 bits per heavy atom. The van der Waals surface area contributed by atoms with E-state index < -0.39 is 24.0 Å². The quantitative estimate of drug-likeness (QED) is 0.575. The lowest BCUT2D eigenvalue weighted by molar-refractivity contribution is -0.140. The van der Waals surface area contributed by atoms with Crippen molar-refractivity contribution in [2.75, 3.05) is 12.4 Å². The van der Waals surface area contributed by atoms with Crippen LogP contribution in [0.3, 0.4) is 0 Å². The molecular formula is C12H15N3O6. The Labute approximate surface area is 119 Å². The number of aromatic nitrogens is 1. The van der Waals surface area contributed by atoms with Gasteiger partial charge in [0.2, 0.25) is 5.88 Å². The number of aliphatic carboxylic acids is 2. The monoisotopic (exact) mass is 297 g/mol. The van der Waals surface area contributed by atoms with Crippen LogP contribution in [0.5, 0.6) is 5.88 Å². The summed E-state index contributed by atoms with van der Waals surface area (Å²) in [5.41, 5.74) is 0.343. The number of rotatable bonds is 7. The van der Waals surface area contributed by atoms with Gasteiger partial charge in [-0.2, -0.15) is 0 Å². The Kier molecular flexibility index (Phi) is 5.93. The zero-order valence-electron chi connectivity index (χ0n) is 11.2. The predicted octanol–water partition coefficient (Wildman–Crippen LogP) is 0.530. The molecule has 1 unspecified atom stereocenters. The number of anilines is 1. The maximum absolute atomic E-state index is 11.6. The molecule has 0 bridgehead atoms. The van der Waals surface area contributed by atoms with Crippen molar-refractivity contribution in [3.05, 3.63) is 18.3 Å². The molecular weight excluding hydrogens is 282 g/mol. The first-order valence-corrected chi connectivity index (χ1v) is 5.94. The molecule has 0 aliphatic heterocycles. The highest BCUT2D eigenvalue weighted by Crippen LogP contribution is 2.10. The van der Waals surface area contributed by atoms with Crippen LogP contribution in [-0.4, -0.2) is 46.3 Å². The van der Waals surface area contributed by atoms with Crippen molar-refractivity contribution in [1.29, 1.82) is 0 Å². The summed E-state index contributed by atoms with van der Waals surface area (Å²) >= 11 is 0. The fourth-order valence-corrected chi connectivity index (χ4v) is 1.43. The molecule has 0 fully saturated rings. The molecule has 1 aromatic rings. The number of carbonyl (C=O) groups excluding carboxylic acids is 1. The highest BCUT2D eigenvalue weighted by molar-refractivity contribution is 5.92. The van der Waals surface area contributed by atoms with Crippen LogP contribution >= 0.6 is 0 Å². The molecule has 9 heteroatoms. The van der Waals surface area contributed by atoms with Crippen molar-refractivity contribution in [1.82, 2.24) is 10.3 Å². The predicted molar refractivity (Wildman–Crippen MR) is 71.2 cm³/mol. The minimum Gasteiger partial charge on any atom is -0.481 e. The van der Waals surface area contributed by atoms with Crippen LogP contribution in [0.2, 0.25) is 0 Å². The van der Waals surface area contributed by atoms with Crippen molar-refractivity contribution in [3.63, 3.8) is 0 Å². The lowest BCUT2D eigenvalue weighted by atomic mass is 10.1. The van der Waals surface area contributed by atoms with E-state index in [-0.39, 0.29) is 12.8 Å². The summed E-state index contributed by atoms with van der Waals surface area (Å²) in [7, 11) is 1.45. The van der Waals surface area contributed by atoms with Gasteiger partial charge < -0.3 is 25.6 Å². The van der Waals surface area contributed by atoms with E-state index in [1.807, 2.05) is 0 Å². The molecule has 0 aromatic carbocycles. The van der Waals surface area contributed by atoms with Crippen LogP contribution in [0.25, 0.3) is 0 Å². The van der Waals surface area contributed by atoms with Gasteiger partial charge in [-0.3, -0.25) is 4.79 Å².